The summed E-state index contributed by atoms with van der Waals surface area (Å²) >= 11 is 0. The van der Waals surface area contributed by atoms with E-state index in [1.165, 1.54) is 52.1 Å². The number of anilines is 1. The van der Waals surface area contributed by atoms with E-state index in [9.17, 15) is 19.0 Å². The maximum Gasteiger partial charge on any atom is 0.164 e. The summed E-state index contributed by atoms with van der Waals surface area (Å²) in [5, 5.41) is 24.0. The molecule has 0 saturated carbocycles. The van der Waals surface area contributed by atoms with Gasteiger partial charge in [-0.3, -0.25) is 9.88 Å². The minimum absolute atomic E-state index is 0.0988. The van der Waals surface area contributed by atoms with Crippen LogP contribution < -0.4 is 10.2 Å². The standard InChI is InChI=1S/C44H50F2N4O2/c1-5-8-33-22-35(18-29(4)39(33)9-6-2)42-20-30(12-15-48-42)27-49-16-13-37(14-17-49)50(38-10-11-40(45)41(46)24-38)28-31-19-36(26-47-25-31)34-21-32(7-3)44(52)43(51)23-34/h7,10-12,15,18-26,37,42,48,51-52H,3,5-6,8-9,13-14,16-17,27-28H2,1-2,4H3. The number of rotatable bonds is 13. The monoisotopic (exact) mass is 704 g/mol. The molecule has 1 atom stereocenters. The quantitative estimate of drug-likeness (QED) is 0.121. The molecule has 0 radical (unpaired) electrons. The Morgan fingerprint density at radius 3 is 2.48 bits per heavy atom. The third kappa shape index (κ3) is 8.39. The Morgan fingerprint density at radius 2 is 1.75 bits per heavy atom. The lowest BCUT2D eigenvalue weighted by Crippen LogP contribution is -2.45. The van der Waals surface area contributed by atoms with Crippen molar-refractivity contribution in [3.8, 4) is 22.6 Å². The zero-order valence-corrected chi connectivity index (χ0v) is 30.5. The fourth-order valence-electron chi connectivity index (χ4n) is 7.71. The van der Waals surface area contributed by atoms with Gasteiger partial charge < -0.3 is 20.4 Å². The van der Waals surface area contributed by atoms with Gasteiger partial charge in [-0.15, -0.1) is 0 Å². The lowest BCUT2D eigenvalue weighted by atomic mass is 9.89. The fraction of sp³-hybridized carbons (Fsp3) is 0.341. The van der Waals surface area contributed by atoms with Crippen molar-refractivity contribution in [2.45, 2.75) is 77.9 Å². The number of aromatic nitrogens is 1. The number of pyridine rings is 1. The van der Waals surface area contributed by atoms with Gasteiger partial charge in [0, 0.05) is 67.5 Å². The molecule has 0 bridgehead atoms. The number of likely N-dealkylation sites (tertiary alicyclic amines) is 1. The van der Waals surface area contributed by atoms with Crippen LogP contribution in [0.3, 0.4) is 0 Å². The van der Waals surface area contributed by atoms with Crippen molar-refractivity contribution < 1.29 is 19.0 Å². The van der Waals surface area contributed by atoms with Gasteiger partial charge in [0.05, 0.1) is 6.04 Å². The molecule has 1 saturated heterocycles. The van der Waals surface area contributed by atoms with Crippen LogP contribution in [-0.4, -0.2) is 45.8 Å². The molecule has 0 spiro atoms. The molecule has 272 valence electrons. The highest BCUT2D eigenvalue weighted by molar-refractivity contribution is 5.73. The first kappa shape index (κ1) is 36.8. The van der Waals surface area contributed by atoms with E-state index in [1.54, 1.807) is 24.5 Å². The van der Waals surface area contributed by atoms with Crippen LogP contribution in [0.4, 0.5) is 14.5 Å². The van der Waals surface area contributed by atoms with E-state index in [-0.39, 0.29) is 23.6 Å². The van der Waals surface area contributed by atoms with Crippen LogP contribution >= 0.6 is 0 Å². The van der Waals surface area contributed by atoms with Crippen LogP contribution in [-0.2, 0) is 19.4 Å². The number of aryl methyl sites for hydroxylation is 2. The zero-order chi connectivity index (χ0) is 36.8. The highest BCUT2D eigenvalue weighted by atomic mass is 19.2. The largest absolute Gasteiger partial charge is 0.504 e. The summed E-state index contributed by atoms with van der Waals surface area (Å²) in [7, 11) is 0. The second kappa shape index (κ2) is 16.6. The molecule has 1 fully saturated rings. The van der Waals surface area contributed by atoms with Crippen LogP contribution in [0.2, 0.25) is 0 Å². The van der Waals surface area contributed by atoms with Crippen LogP contribution in [0.25, 0.3) is 17.2 Å². The van der Waals surface area contributed by atoms with Crippen molar-refractivity contribution in [1.82, 2.24) is 15.2 Å². The molecule has 2 aliphatic heterocycles. The number of hydrogen-bond acceptors (Lipinski definition) is 6. The number of piperidine rings is 1. The molecule has 6 rings (SSSR count). The molecule has 3 aromatic carbocycles. The van der Waals surface area contributed by atoms with Gasteiger partial charge >= 0.3 is 0 Å². The third-order valence-electron chi connectivity index (χ3n) is 10.4. The maximum atomic E-state index is 14.6. The Balaban J connectivity index is 1.17. The molecule has 6 nitrogen and oxygen atoms in total. The number of phenolic OH excluding ortho intramolecular Hbond substituents is 2. The Kier molecular flexibility index (Phi) is 11.8. The minimum atomic E-state index is -0.875. The number of halogens is 2. The maximum absolute atomic E-state index is 14.6. The Hall–Kier alpha value is -4.95. The summed E-state index contributed by atoms with van der Waals surface area (Å²) in [6.07, 6.45) is 17.8. The van der Waals surface area contributed by atoms with E-state index in [0.29, 0.717) is 23.4 Å². The average molecular weight is 705 g/mol. The van der Waals surface area contributed by atoms with Crippen LogP contribution in [0, 0.1) is 18.6 Å². The molecule has 1 unspecified atom stereocenters. The summed E-state index contributed by atoms with van der Waals surface area (Å²) in [4.78, 5) is 9.11. The van der Waals surface area contributed by atoms with Gasteiger partial charge in [0.2, 0.25) is 0 Å². The van der Waals surface area contributed by atoms with Gasteiger partial charge in [0.1, 0.15) is 0 Å². The van der Waals surface area contributed by atoms with Crippen molar-refractivity contribution in [2.24, 2.45) is 0 Å². The van der Waals surface area contributed by atoms with E-state index in [1.807, 2.05) is 6.07 Å². The van der Waals surface area contributed by atoms with E-state index < -0.39 is 11.6 Å². The molecular formula is C44H50F2N4O2. The molecule has 3 N–H and O–H groups in total. The van der Waals surface area contributed by atoms with Crippen LogP contribution in [0.15, 0.2) is 91.4 Å². The van der Waals surface area contributed by atoms with Gasteiger partial charge in [0.15, 0.2) is 23.1 Å². The lowest BCUT2D eigenvalue weighted by Gasteiger charge is -2.40. The smallest absolute Gasteiger partial charge is 0.164 e. The first-order valence-electron chi connectivity index (χ1n) is 18.5. The SMILES string of the molecule is C=Cc1cc(-c2cncc(CN(c3ccc(F)c(F)c3)C3CCN(CC4=CC(c5cc(C)c(CCC)c(CCC)c5)NC=C4)CC3)c2)cc(O)c1O. The molecule has 0 amide bonds. The molecule has 52 heavy (non-hydrogen) atoms. The minimum Gasteiger partial charge on any atom is -0.504 e. The first-order valence-corrected chi connectivity index (χ1v) is 18.5. The summed E-state index contributed by atoms with van der Waals surface area (Å²) in [6, 6.07) is 14.3. The molecule has 4 aromatic rings. The second-order valence-electron chi connectivity index (χ2n) is 14.1. The normalized spacial score (nSPS) is 16.4. The van der Waals surface area contributed by atoms with Crippen molar-refractivity contribution in [3.63, 3.8) is 0 Å². The van der Waals surface area contributed by atoms with Crippen LogP contribution in [0.5, 0.6) is 11.5 Å². The van der Waals surface area contributed by atoms with E-state index in [4.69, 9.17) is 0 Å². The number of phenols is 2. The van der Waals surface area contributed by atoms with E-state index >= 15 is 0 Å². The van der Waals surface area contributed by atoms with Gasteiger partial charge in [-0.25, -0.2) is 8.78 Å². The van der Waals surface area contributed by atoms with Crippen molar-refractivity contribution in [1.29, 1.82) is 0 Å². The van der Waals surface area contributed by atoms with E-state index in [0.717, 1.165) is 69.3 Å². The first-order chi connectivity index (χ1) is 25.2. The highest BCUT2D eigenvalue weighted by Crippen LogP contribution is 2.36. The Labute approximate surface area is 306 Å². The Morgan fingerprint density at radius 1 is 0.962 bits per heavy atom. The van der Waals surface area contributed by atoms with Gasteiger partial charge in [-0.05, 0) is 114 Å². The Bertz CT molecular complexity index is 1960. The van der Waals surface area contributed by atoms with Gasteiger partial charge in [0.25, 0.3) is 0 Å². The predicted molar refractivity (Wildman–Crippen MR) is 207 cm³/mol. The molecule has 2 aliphatic rings. The number of nitrogens with one attached hydrogen (secondary N) is 1. The number of nitrogens with zero attached hydrogens (tertiary/aromatic N) is 3. The van der Waals surface area contributed by atoms with Crippen molar-refractivity contribution >= 4 is 11.8 Å². The highest BCUT2D eigenvalue weighted by Gasteiger charge is 2.27. The van der Waals surface area contributed by atoms with Crippen LogP contribution in [0.1, 0.15) is 79.0 Å². The average Bonchev–Trinajstić information content (AvgIpc) is 3.15. The molecule has 0 aliphatic carbocycles. The van der Waals surface area contributed by atoms with Gasteiger partial charge in [-0.1, -0.05) is 57.6 Å². The molecule has 1 aromatic heterocycles. The zero-order valence-electron chi connectivity index (χ0n) is 30.5. The lowest BCUT2D eigenvalue weighted by molar-refractivity contribution is 0.224. The number of hydrogen-bond donors (Lipinski definition) is 3. The molecule has 8 heteroatoms. The molecular weight excluding hydrogens is 655 g/mol. The number of aromatic hydroxyl groups is 2. The predicted octanol–water partition coefficient (Wildman–Crippen LogP) is 9.55. The summed E-state index contributed by atoms with van der Waals surface area (Å²) in [5.41, 5.74) is 10.3. The summed E-state index contributed by atoms with van der Waals surface area (Å²) in [6.45, 7) is 13.5. The number of benzene rings is 3. The topological polar surface area (TPSA) is 71.9 Å². The van der Waals surface area contributed by atoms with Crippen molar-refractivity contribution in [2.75, 3.05) is 24.5 Å². The van der Waals surface area contributed by atoms with E-state index in [2.05, 4.69) is 77.9 Å². The summed E-state index contributed by atoms with van der Waals surface area (Å²) in [5.74, 6) is -2.21. The third-order valence-corrected chi connectivity index (χ3v) is 10.4. The number of dihydropyridines is 1. The fourth-order valence-corrected chi connectivity index (χ4v) is 7.71. The second-order valence-corrected chi connectivity index (χ2v) is 14.1. The summed E-state index contributed by atoms with van der Waals surface area (Å²) < 4.78 is 28.7. The van der Waals surface area contributed by atoms with Crippen molar-refractivity contribution in [3.05, 3.63) is 136 Å². The molecule has 3 heterocycles. The van der Waals surface area contributed by atoms with Gasteiger partial charge in [-0.2, -0.15) is 0 Å².